The van der Waals surface area contributed by atoms with Crippen molar-refractivity contribution in [2.45, 2.75) is 199 Å². The molecule has 4 rings (SSSR count). The van der Waals surface area contributed by atoms with Gasteiger partial charge in [-0.05, 0) is 51.4 Å². The van der Waals surface area contributed by atoms with E-state index in [-0.39, 0.29) is 48.3 Å². The van der Waals surface area contributed by atoms with E-state index in [1.165, 1.54) is 57.8 Å². The highest BCUT2D eigenvalue weighted by Gasteiger charge is 2.54. The molecule has 10 nitrogen and oxygen atoms in total. The maximum Gasteiger partial charge on any atom is 0.309 e. The maximum atomic E-state index is 12.9. The average Bonchev–Trinajstić information content (AvgIpc) is 4.10. The Labute approximate surface area is 319 Å². The lowest BCUT2D eigenvalue weighted by Gasteiger charge is -2.26. The monoisotopic (exact) mass is 749 g/mol. The Morgan fingerprint density at radius 3 is 0.792 bits per heavy atom. The maximum absolute atomic E-state index is 12.9. The number of epoxide rings is 2. The van der Waals surface area contributed by atoms with Crippen molar-refractivity contribution in [3.63, 3.8) is 0 Å². The third-order valence-electron chi connectivity index (χ3n) is 11.8. The fourth-order valence-corrected chi connectivity index (χ4v) is 8.21. The molecule has 4 fully saturated rings. The van der Waals surface area contributed by atoms with Gasteiger partial charge in [0.1, 0.15) is 0 Å². The third kappa shape index (κ3) is 16.2. The predicted molar refractivity (Wildman–Crippen MR) is 202 cm³/mol. The second kappa shape index (κ2) is 25.1. The standard InChI is InChI=1S/C43H72O10/c1-3-5-7-16-20-24-48-40(44)32-28-36-38(52-36)30-34(32)42(46)50-26-22-18-14-12-10-9-11-13-15-19-23-27-51-43(47)35-31-39-37(53-39)29-33(35)41(45)49-25-21-17-8-6-4-2/h32-39H,3-31H2,1-2H3. The summed E-state index contributed by atoms with van der Waals surface area (Å²) in [6.45, 7) is 6.02. The molecule has 4 aliphatic rings. The first-order chi connectivity index (χ1) is 25.9. The number of esters is 4. The summed E-state index contributed by atoms with van der Waals surface area (Å²) < 4.78 is 33.7. The summed E-state index contributed by atoms with van der Waals surface area (Å²) in [7, 11) is 0. The van der Waals surface area contributed by atoms with Gasteiger partial charge in [0.25, 0.3) is 0 Å². The molecule has 0 aromatic carbocycles. The second-order valence-corrected chi connectivity index (χ2v) is 16.2. The summed E-state index contributed by atoms with van der Waals surface area (Å²) in [6.07, 6.45) is 25.6. The minimum absolute atomic E-state index is 0.0886. The SMILES string of the molecule is CCCCCCCOC(=O)C1CC2OC2CC1C(=O)OCCCCCCCCCCCCCOC(=O)C1CC2OC2CC1C(=O)OCCCCCCC. The van der Waals surface area contributed by atoms with E-state index in [2.05, 4.69) is 13.8 Å². The molecular formula is C43H72O10. The Kier molecular flexibility index (Phi) is 20.6. The van der Waals surface area contributed by atoms with Gasteiger partial charge in [-0.25, -0.2) is 0 Å². The first kappa shape index (κ1) is 43.5. The third-order valence-corrected chi connectivity index (χ3v) is 11.8. The molecule has 0 radical (unpaired) electrons. The zero-order chi connectivity index (χ0) is 37.7. The molecule has 304 valence electrons. The molecule has 2 aliphatic heterocycles. The fourth-order valence-electron chi connectivity index (χ4n) is 8.21. The predicted octanol–water partition coefficient (Wildman–Crippen LogP) is 8.98. The van der Waals surface area contributed by atoms with E-state index in [1.807, 2.05) is 0 Å². The molecule has 53 heavy (non-hydrogen) atoms. The number of fused-ring (bicyclic) bond motifs is 2. The van der Waals surface area contributed by atoms with E-state index in [1.54, 1.807) is 0 Å². The van der Waals surface area contributed by atoms with Gasteiger partial charge in [0.2, 0.25) is 0 Å². The fraction of sp³-hybridized carbons (Fsp3) is 0.907. The van der Waals surface area contributed by atoms with Crippen molar-refractivity contribution < 1.29 is 47.6 Å². The number of hydrogen-bond acceptors (Lipinski definition) is 10. The molecule has 0 aromatic rings. The molecule has 2 heterocycles. The minimum Gasteiger partial charge on any atom is -0.465 e. The van der Waals surface area contributed by atoms with Crippen LogP contribution in [0.1, 0.15) is 174 Å². The van der Waals surface area contributed by atoms with Crippen LogP contribution < -0.4 is 0 Å². The smallest absolute Gasteiger partial charge is 0.309 e. The van der Waals surface area contributed by atoms with E-state index >= 15 is 0 Å². The van der Waals surface area contributed by atoms with Gasteiger partial charge in [-0.1, -0.05) is 123 Å². The molecule has 2 aliphatic carbocycles. The van der Waals surface area contributed by atoms with Gasteiger partial charge >= 0.3 is 23.9 Å². The number of carbonyl (C=O) groups excluding carboxylic acids is 4. The Morgan fingerprint density at radius 1 is 0.358 bits per heavy atom. The zero-order valence-electron chi connectivity index (χ0n) is 33.2. The van der Waals surface area contributed by atoms with Crippen LogP contribution in [0.3, 0.4) is 0 Å². The van der Waals surface area contributed by atoms with Crippen LogP contribution in [-0.4, -0.2) is 74.7 Å². The summed E-state index contributed by atoms with van der Waals surface area (Å²) in [5, 5.41) is 0. The van der Waals surface area contributed by atoms with Gasteiger partial charge in [-0.15, -0.1) is 0 Å². The van der Waals surface area contributed by atoms with Gasteiger partial charge in [-0.3, -0.25) is 19.2 Å². The first-order valence-corrected chi connectivity index (χ1v) is 21.9. The van der Waals surface area contributed by atoms with Crippen LogP contribution in [-0.2, 0) is 47.6 Å². The number of carbonyl (C=O) groups is 4. The van der Waals surface area contributed by atoms with E-state index in [9.17, 15) is 19.2 Å². The molecule has 2 saturated carbocycles. The highest BCUT2D eigenvalue weighted by atomic mass is 16.6. The lowest BCUT2D eigenvalue weighted by atomic mass is 9.79. The van der Waals surface area contributed by atoms with E-state index in [0.29, 0.717) is 52.1 Å². The summed E-state index contributed by atoms with van der Waals surface area (Å²) in [6, 6.07) is 0. The number of rotatable bonds is 30. The van der Waals surface area contributed by atoms with Crippen LogP contribution in [0, 0.1) is 23.7 Å². The highest BCUT2D eigenvalue weighted by molar-refractivity contribution is 5.83. The summed E-state index contributed by atoms with van der Waals surface area (Å²) in [5.74, 6) is -2.89. The molecule has 8 atom stereocenters. The van der Waals surface area contributed by atoms with Crippen LogP contribution >= 0.6 is 0 Å². The van der Waals surface area contributed by atoms with Crippen LogP contribution in [0.5, 0.6) is 0 Å². The van der Waals surface area contributed by atoms with Crippen molar-refractivity contribution in [3.8, 4) is 0 Å². The molecule has 0 bridgehead atoms. The van der Waals surface area contributed by atoms with Crippen LogP contribution in [0.15, 0.2) is 0 Å². The number of hydrogen-bond donors (Lipinski definition) is 0. The van der Waals surface area contributed by atoms with E-state index in [4.69, 9.17) is 28.4 Å². The summed E-state index contributed by atoms with van der Waals surface area (Å²) in [4.78, 5) is 51.4. The largest absolute Gasteiger partial charge is 0.465 e. The molecule has 10 heteroatoms. The van der Waals surface area contributed by atoms with Crippen molar-refractivity contribution in [2.24, 2.45) is 23.7 Å². The average molecular weight is 749 g/mol. The Balaban J connectivity index is 0.943. The highest BCUT2D eigenvalue weighted by Crippen LogP contribution is 2.45. The molecule has 0 amide bonds. The molecule has 0 spiro atoms. The number of unbranched alkanes of at least 4 members (excludes halogenated alkanes) is 18. The van der Waals surface area contributed by atoms with Gasteiger partial charge in [0.15, 0.2) is 0 Å². The normalized spacial score (nSPS) is 26.9. The van der Waals surface area contributed by atoms with Crippen molar-refractivity contribution in [1.29, 1.82) is 0 Å². The Hall–Kier alpha value is -2.20. The molecule has 8 unspecified atom stereocenters. The Morgan fingerprint density at radius 2 is 0.566 bits per heavy atom. The molecule has 2 saturated heterocycles. The zero-order valence-corrected chi connectivity index (χ0v) is 33.2. The lowest BCUT2D eigenvalue weighted by molar-refractivity contribution is -0.162. The van der Waals surface area contributed by atoms with Gasteiger partial charge in [0.05, 0.1) is 74.5 Å². The van der Waals surface area contributed by atoms with Crippen molar-refractivity contribution in [3.05, 3.63) is 0 Å². The summed E-state index contributed by atoms with van der Waals surface area (Å²) >= 11 is 0. The minimum atomic E-state index is -0.455. The number of ether oxygens (including phenoxy) is 6. The topological polar surface area (TPSA) is 130 Å². The first-order valence-electron chi connectivity index (χ1n) is 21.9. The molecular weight excluding hydrogens is 676 g/mol. The van der Waals surface area contributed by atoms with E-state index < -0.39 is 23.7 Å². The Bertz CT molecular complexity index is 997. The molecule has 0 N–H and O–H groups in total. The second-order valence-electron chi connectivity index (χ2n) is 16.2. The van der Waals surface area contributed by atoms with Crippen molar-refractivity contribution >= 4 is 23.9 Å². The van der Waals surface area contributed by atoms with Gasteiger partial charge in [0, 0.05) is 0 Å². The van der Waals surface area contributed by atoms with Crippen molar-refractivity contribution in [2.75, 3.05) is 26.4 Å². The van der Waals surface area contributed by atoms with Crippen LogP contribution in [0.2, 0.25) is 0 Å². The summed E-state index contributed by atoms with van der Waals surface area (Å²) in [5.41, 5.74) is 0. The van der Waals surface area contributed by atoms with Gasteiger partial charge < -0.3 is 28.4 Å². The van der Waals surface area contributed by atoms with Crippen LogP contribution in [0.25, 0.3) is 0 Å². The molecule has 0 aromatic heterocycles. The van der Waals surface area contributed by atoms with Crippen molar-refractivity contribution in [1.82, 2.24) is 0 Å². The lowest BCUT2D eigenvalue weighted by Crippen LogP contribution is -2.37. The van der Waals surface area contributed by atoms with E-state index in [0.717, 1.165) is 77.0 Å². The quantitative estimate of drug-likeness (QED) is 0.0304. The van der Waals surface area contributed by atoms with Gasteiger partial charge in [-0.2, -0.15) is 0 Å². The van der Waals surface area contributed by atoms with Crippen LogP contribution in [0.4, 0.5) is 0 Å².